The number of amides is 1. The van der Waals surface area contributed by atoms with Gasteiger partial charge in [-0.25, -0.2) is 0 Å². The van der Waals surface area contributed by atoms with Gasteiger partial charge in [0, 0.05) is 12.0 Å². The van der Waals surface area contributed by atoms with E-state index in [4.69, 9.17) is 10.1 Å². The predicted octanol–water partition coefficient (Wildman–Crippen LogP) is 3.45. The molecule has 0 saturated carbocycles. The number of carbonyl (C=O) groups excluding carboxylic acids is 1. The van der Waals surface area contributed by atoms with Gasteiger partial charge in [-0.2, -0.15) is 18.4 Å². The molecule has 1 fully saturated rings. The third-order valence-electron chi connectivity index (χ3n) is 4.87. The van der Waals surface area contributed by atoms with E-state index in [0.29, 0.717) is 12.1 Å². The van der Waals surface area contributed by atoms with Crippen LogP contribution in [0.3, 0.4) is 0 Å². The summed E-state index contributed by atoms with van der Waals surface area (Å²) in [6, 6.07) is 10.6. The minimum Gasteiger partial charge on any atom is -0.399 e. The van der Waals surface area contributed by atoms with Crippen LogP contribution >= 0.6 is 0 Å². The van der Waals surface area contributed by atoms with Gasteiger partial charge in [-0.15, -0.1) is 0 Å². The first kappa shape index (κ1) is 21.3. The zero-order valence-corrected chi connectivity index (χ0v) is 16.0. The van der Waals surface area contributed by atoms with Crippen molar-refractivity contribution in [1.82, 2.24) is 4.90 Å². The third kappa shape index (κ3) is 4.14. The summed E-state index contributed by atoms with van der Waals surface area (Å²) in [6.07, 6.45) is -4.32. The molecule has 1 aliphatic heterocycles. The number of nitriles is 1. The molecule has 1 saturated heterocycles. The summed E-state index contributed by atoms with van der Waals surface area (Å²) in [4.78, 5) is 19.0. The number of alkyl halides is 3. The zero-order chi connectivity index (χ0) is 21.9. The van der Waals surface area contributed by atoms with Crippen LogP contribution in [0.1, 0.15) is 27.9 Å². The number of aliphatic hydroxyl groups excluding tert-OH is 1. The molecule has 1 unspecified atom stereocenters. The summed E-state index contributed by atoms with van der Waals surface area (Å²) in [5.74, 6) is -0.372. The molecule has 1 aliphatic rings. The summed E-state index contributed by atoms with van der Waals surface area (Å²) >= 11 is 0. The number of rotatable bonds is 4. The van der Waals surface area contributed by atoms with Crippen molar-refractivity contribution in [3.63, 3.8) is 0 Å². The van der Waals surface area contributed by atoms with Gasteiger partial charge in [0.25, 0.3) is 5.91 Å². The van der Waals surface area contributed by atoms with Crippen molar-refractivity contribution >= 4 is 11.6 Å². The predicted molar refractivity (Wildman–Crippen MR) is 103 cm³/mol. The standard InChI is InChI=1S/C21H18F3N3O3/c1-30-26-16-9-17(12-28)27(11-16)20(29)14-7-5-13(6-8-14)18-4-2-3-15(10-25)19(18)21(22,23)24/h2-8,17,28H,9,11-12H2,1H3/b26-16-. The maximum atomic E-state index is 13.5. The van der Waals surface area contributed by atoms with Gasteiger partial charge in [-0.05, 0) is 29.3 Å². The van der Waals surface area contributed by atoms with Crippen LogP contribution in [0.5, 0.6) is 0 Å². The number of halogens is 3. The van der Waals surface area contributed by atoms with E-state index in [1.165, 1.54) is 48.4 Å². The number of nitrogens with zero attached hydrogens (tertiary/aromatic N) is 3. The number of aliphatic hydroxyl groups is 1. The Morgan fingerprint density at radius 2 is 2.00 bits per heavy atom. The lowest BCUT2D eigenvalue weighted by molar-refractivity contribution is -0.137. The molecule has 2 aromatic carbocycles. The summed E-state index contributed by atoms with van der Waals surface area (Å²) in [5, 5.41) is 22.4. The van der Waals surface area contributed by atoms with Crippen LogP contribution in [0, 0.1) is 11.3 Å². The average molecular weight is 417 g/mol. The van der Waals surface area contributed by atoms with Gasteiger partial charge in [0.2, 0.25) is 0 Å². The van der Waals surface area contributed by atoms with E-state index in [9.17, 15) is 23.1 Å². The van der Waals surface area contributed by atoms with Crippen molar-refractivity contribution in [3.05, 3.63) is 59.2 Å². The van der Waals surface area contributed by atoms with Crippen molar-refractivity contribution in [2.45, 2.75) is 18.6 Å². The topological polar surface area (TPSA) is 85.9 Å². The zero-order valence-electron chi connectivity index (χ0n) is 16.0. The lowest BCUT2D eigenvalue weighted by Gasteiger charge is -2.22. The molecule has 0 bridgehead atoms. The number of hydrogen-bond acceptors (Lipinski definition) is 5. The van der Waals surface area contributed by atoms with Crippen molar-refractivity contribution in [1.29, 1.82) is 5.26 Å². The van der Waals surface area contributed by atoms with Gasteiger partial charge < -0.3 is 14.8 Å². The Labute approximate surface area is 170 Å². The van der Waals surface area contributed by atoms with Gasteiger partial charge in [0.15, 0.2) is 0 Å². The summed E-state index contributed by atoms with van der Waals surface area (Å²) in [6.45, 7) is -0.0511. The van der Waals surface area contributed by atoms with Crippen molar-refractivity contribution in [3.8, 4) is 17.2 Å². The van der Waals surface area contributed by atoms with Crippen LogP contribution in [-0.4, -0.2) is 47.9 Å². The Morgan fingerprint density at radius 3 is 2.57 bits per heavy atom. The number of carbonyl (C=O) groups is 1. The van der Waals surface area contributed by atoms with Crippen LogP contribution in [0.25, 0.3) is 11.1 Å². The van der Waals surface area contributed by atoms with Gasteiger partial charge in [0.05, 0.1) is 42.1 Å². The molecule has 1 N–H and O–H groups in total. The first-order chi connectivity index (χ1) is 14.3. The maximum Gasteiger partial charge on any atom is 0.418 e. The van der Waals surface area contributed by atoms with Crippen LogP contribution < -0.4 is 0 Å². The van der Waals surface area contributed by atoms with E-state index in [1.54, 1.807) is 6.07 Å². The highest BCUT2D eigenvalue weighted by Gasteiger charge is 2.37. The van der Waals surface area contributed by atoms with E-state index in [0.717, 1.165) is 6.07 Å². The van der Waals surface area contributed by atoms with Crippen molar-refractivity contribution in [2.24, 2.45) is 5.16 Å². The van der Waals surface area contributed by atoms with E-state index < -0.39 is 23.3 Å². The lowest BCUT2D eigenvalue weighted by atomic mass is 9.94. The van der Waals surface area contributed by atoms with Crippen LogP contribution in [0.2, 0.25) is 0 Å². The molecular weight excluding hydrogens is 399 g/mol. The number of oxime groups is 1. The first-order valence-corrected chi connectivity index (χ1v) is 9.01. The van der Waals surface area contributed by atoms with E-state index in [2.05, 4.69) is 5.16 Å². The van der Waals surface area contributed by atoms with E-state index in [-0.39, 0.29) is 35.7 Å². The second kappa shape index (κ2) is 8.55. The van der Waals surface area contributed by atoms with Gasteiger partial charge in [0.1, 0.15) is 7.11 Å². The Balaban J connectivity index is 1.92. The molecule has 1 amide bonds. The normalized spacial score (nSPS) is 17.8. The number of hydrogen-bond donors (Lipinski definition) is 1. The molecule has 0 spiro atoms. The molecule has 30 heavy (non-hydrogen) atoms. The Hall–Kier alpha value is -3.38. The number of benzene rings is 2. The second-order valence-electron chi connectivity index (χ2n) is 6.73. The van der Waals surface area contributed by atoms with Crippen molar-refractivity contribution < 1.29 is 27.9 Å². The highest BCUT2D eigenvalue weighted by molar-refractivity contribution is 6.00. The molecule has 0 aromatic heterocycles. The van der Waals surface area contributed by atoms with Crippen molar-refractivity contribution in [2.75, 3.05) is 20.3 Å². The van der Waals surface area contributed by atoms with Gasteiger partial charge >= 0.3 is 6.18 Å². The second-order valence-corrected chi connectivity index (χ2v) is 6.73. The minimum absolute atomic E-state index is 0.135. The van der Waals surface area contributed by atoms with Crippen LogP contribution in [0.4, 0.5) is 13.2 Å². The first-order valence-electron chi connectivity index (χ1n) is 9.01. The molecule has 0 aliphatic carbocycles. The fourth-order valence-electron chi connectivity index (χ4n) is 3.52. The fourth-order valence-corrected chi connectivity index (χ4v) is 3.52. The van der Waals surface area contributed by atoms with E-state index >= 15 is 0 Å². The Morgan fingerprint density at radius 1 is 1.30 bits per heavy atom. The Bertz CT molecular complexity index is 1010. The van der Waals surface area contributed by atoms with Crippen LogP contribution in [0.15, 0.2) is 47.6 Å². The molecule has 6 nitrogen and oxygen atoms in total. The highest BCUT2D eigenvalue weighted by atomic mass is 19.4. The largest absolute Gasteiger partial charge is 0.418 e. The molecule has 2 aromatic rings. The summed E-state index contributed by atoms with van der Waals surface area (Å²) < 4.78 is 40.6. The van der Waals surface area contributed by atoms with E-state index in [1.807, 2.05) is 0 Å². The highest BCUT2D eigenvalue weighted by Crippen LogP contribution is 2.39. The smallest absolute Gasteiger partial charge is 0.399 e. The average Bonchev–Trinajstić information content (AvgIpc) is 3.15. The maximum absolute atomic E-state index is 13.5. The lowest BCUT2D eigenvalue weighted by Crippen LogP contribution is -2.37. The quantitative estimate of drug-likeness (QED) is 0.772. The molecule has 156 valence electrons. The van der Waals surface area contributed by atoms with Gasteiger partial charge in [-0.1, -0.05) is 29.4 Å². The molecule has 1 heterocycles. The monoisotopic (exact) mass is 417 g/mol. The fraction of sp³-hybridized carbons (Fsp3) is 0.286. The number of likely N-dealkylation sites (tertiary alicyclic amines) is 1. The van der Waals surface area contributed by atoms with Crippen LogP contribution in [-0.2, 0) is 11.0 Å². The third-order valence-corrected chi connectivity index (χ3v) is 4.87. The molecule has 9 heteroatoms. The summed E-state index contributed by atoms with van der Waals surface area (Å²) in [5.41, 5.74) is -0.493. The van der Waals surface area contributed by atoms with Gasteiger partial charge in [-0.3, -0.25) is 4.79 Å². The minimum atomic E-state index is -4.70. The summed E-state index contributed by atoms with van der Waals surface area (Å²) in [7, 11) is 1.39. The Kier molecular flexibility index (Phi) is 6.08. The molecule has 1 atom stereocenters. The molecule has 3 rings (SSSR count). The molecule has 0 radical (unpaired) electrons. The molecular formula is C21H18F3N3O3. The SMILES string of the molecule is CO/N=C1/CC(CO)N(C(=O)c2ccc(-c3cccc(C#N)c3C(F)(F)F)cc2)C1.